The molecule has 0 aliphatic heterocycles. The molecule has 10 heteroatoms. The molecule has 0 atom stereocenters. The smallest absolute Gasteiger partial charge is 0.276 e. The molecule has 7 nitrogen and oxygen atoms in total. The Morgan fingerprint density at radius 2 is 1.69 bits per heavy atom. The molecule has 0 aliphatic carbocycles. The second kappa shape index (κ2) is 8.81. The van der Waals surface area contributed by atoms with Gasteiger partial charge in [0.15, 0.2) is 5.69 Å². The molecule has 0 radical (unpaired) electrons. The van der Waals surface area contributed by atoms with Crippen LogP contribution in [0.2, 0.25) is 5.02 Å². The van der Waals surface area contributed by atoms with Gasteiger partial charge in [-0.15, -0.1) is 0 Å². The minimum Gasteiger partial charge on any atom is -0.321 e. The van der Waals surface area contributed by atoms with E-state index in [9.17, 15) is 17.6 Å². The molecule has 0 bridgehead atoms. The van der Waals surface area contributed by atoms with Gasteiger partial charge in [-0.1, -0.05) is 23.7 Å². The Morgan fingerprint density at radius 3 is 2.44 bits per heavy atom. The summed E-state index contributed by atoms with van der Waals surface area (Å²) in [7, 11) is -3.88. The second-order valence-electron chi connectivity index (χ2n) is 6.72. The topological polar surface area (TPSA) is 93.1 Å². The normalized spacial score (nSPS) is 11.2. The maximum Gasteiger partial charge on any atom is 0.276 e. The summed E-state index contributed by atoms with van der Waals surface area (Å²) >= 11 is 5.82. The predicted molar refractivity (Wildman–Crippen MR) is 120 cm³/mol. The second-order valence-corrected chi connectivity index (χ2v) is 8.84. The quantitative estimate of drug-likeness (QED) is 0.426. The molecule has 162 valence electrons. The summed E-state index contributed by atoms with van der Waals surface area (Å²) in [5.74, 6) is -0.963. The summed E-state index contributed by atoms with van der Waals surface area (Å²) in [5.41, 5.74) is 1.17. The molecule has 0 unspecified atom stereocenters. The van der Waals surface area contributed by atoms with E-state index in [1.807, 2.05) is 0 Å². The average Bonchev–Trinajstić information content (AvgIpc) is 3.26. The number of amides is 1. The highest BCUT2D eigenvalue weighted by Gasteiger charge is 2.16. The molecule has 0 aliphatic rings. The number of benzene rings is 3. The summed E-state index contributed by atoms with van der Waals surface area (Å²) in [6.45, 7) is 0. The first-order chi connectivity index (χ1) is 15.3. The van der Waals surface area contributed by atoms with Gasteiger partial charge in [-0.3, -0.25) is 9.52 Å². The lowest BCUT2D eigenvalue weighted by atomic mass is 10.3. The number of anilines is 2. The van der Waals surface area contributed by atoms with Gasteiger partial charge >= 0.3 is 0 Å². The van der Waals surface area contributed by atoms with Crippen LogP contribution in [-0.4, -0.2) is 24.1 Å². The first-order valence-electron chi connectivity index (χ1n) is 9.32. The molecule has 0 saturated carbocycles. The van der Waals surface area contributed by atoms with E-state index in [1.54, 1.807) is 36.4 Å². The number of rotatable bonds is 6. The molecule has 1 amide bonds. The van der Waals surface area contributed by atoms with Crippen LogP contribution in [0.1, 0.15) is 10.5 Å². The third kappa shape index (κ3) is 4.96. The molecule has 1 heterocycles. The van der Waals surface area contributed by atoms with Crippen molar-refractivity contribution >= 4 is 38.9 Å². The number of carbonyl (C=O) groups is 1. The molecule has 2 N–H and O–H groups in total. The maximum absolute atomic E-state index is 13.4. The molecule has 32 heavy (non-hydrogen) atoms. The fourth-order valence-electron chi connectivity index (χ4n) is 2.88. The van der Waals surface area contributed by atoms with E-state index in [0.29, 0.717) is 16.4 Å². The SMILES string of the molecule is O=C(Nc1cccc(S(=O)(=O)Nc2ccc(Cl)cc2)c1)c1ccn(-c2cccc(F)c2)n1. The van der Waals surface area contributed by atoms with Crippen LogP contribution in [0.25, 0.3) is 5.69 Å². The van der Waals surface area contributed by atoms with E-state index in [-0.39, 0.29) is 16.3 Å². The lowest BCUT2D eigenvalue weighted by Crippen LogP contribution is -2.15. The Labute approximate surface area is 188 Å². The van der Waals surface area contributed by atoms with E-state index in [4.69, 9.17) is 11.6 Å². The first kappa shape index (κ1) is 21.5. The number of hydrogen-bond donors (Lipinski definition) is 2. The van der Waals surface area contributed by atoms with Crippen LogP contribution in [-0.2, 0) is 10.0 Å². The van der Waals surface area contributed by atoms with Crippen molar-refractivity contribution in [3.05, 3.63) is 102 Å². The van der Waals surface area contributed by atoms with Crippen molar-refractivity contribution in [2.75, 3.05) is 10.0 Å². The average molecular weight is 471 g/mol. The van der Waals surface area contributed by atoms with Crippen molar-refractivity contribution in [1.29, 1.82) is 0 Å². The standard InChI is InChI=1S/C22H16ClFN4O3S/c23-15-7-9-17(10-8-15)27-32(30,31)20-6-2-4-18(14-20)25-22(29)21-11-12-28(26-21)19-5-1-3-16(24)13-19/h1-14,27H,(H,25,29). The van der Waals surface area contributed by atoms with Crippen LogP contribution in [0.4, 0.5) is 15.8 Å². The van der Waals surface area contributed by atoms with E-state index in [1.165, 1.54) is 53.3 Å². The third-order valence-corrected chi connectivity index (χ3v) is 6.02. The largest absolute Gasteiger partial charge is 0.321 e. The minimum atomic E-state index is -3.88. The van der Waals surface area contributed by atoms with Crippen LogP contribution in [0.5, 0.6) is 0 Å². The zero-order valence-corrected chi connectivity index (χ0v) is 17.9. The zero-order chi connectivity index (χ0) is 22.7. The van der Waals surface area contributed by atoms with E-state index in [0.717, 1.165) is 0 Å². The Bertz CT molecular complexity index is 1390. The summed E-state index contributed by atoms with van der Waals surface area (Å²) in [5, 5.41) is 7.25. The summed E-state index contributed by atoms with van der Waals surface area (Å²) in [6, 6.07) is 19.3. The van der Waals surface area contributed by atoms with Gasteiger partial charge in [-0.05, 0) is 66.7 Å². The Kier molecular flexibility index (Phi) is 5.93. The van der Waals surface area contributed by atoms with Crippen molar-refractivity contribution in [1.82, 2.24) is 9.78 Å². The molecule has 0 spiro atoms. The van der Waals surface area contributed by atoms with Crippen LogP contribution in [0.15, 0.2) is 90.0 Å². The number of carbonyl (C=O) groups excluding carboxylic acids is 1. The predicted octanol–water partition coefficient (Wildman–Crippen LogP) is 4.72. The van der Waals surface area contributed by atoms with Crippen molar-refractivity contribution in [2.24, 2.45) is 0 Å². The summed E-state index contributed by atoms with van der Waals surface area (Å²) < 4.78 is 42.6. The van der Waals surface area contributed by atoms with Gasteiger partial charge < -0.3 is 5.32 Å². The van der Waals surface area contributed by atoms with Gasteiger partial charge in [-0.25, -0.2) is 17.5 Å². The molecular weight excluding hydrogens is 455 g/mol. The van der Waals surface area contributed by atoms with E-state index < -0.39 is 21.7 Å². The minimum absolute atomic E-state index is 0.0319. The van der Waals surface area contributed by atoms with E-state index >= 15 is 0 Å². The maximum atomic E-state index is 13.4. The highest BCUT2D eigenvalue weighted by atomic mass is 35.5. The number of nitrogens with zero attached hydrogens (tertiary/aromatic N) is 2. The zero-order valence-electron chi connectivity index (χ0n) is 16.4. The molecule has 3 aromatic carbocycles. The molecule has 1 aromatic heterocycles. The van der Waals surface area contributed by atoms with Crippen molar-refractivity contribution in [3.63, 3.8) is 0 Å². The van der Waals surface area contributed by atoms with Gasteiger partial charge in [-0.2, -0.15) is 5.10 Å². The van der Waals surface area contributed by atoms with Crippen LogP contribution in [0, 0.1) is 5.82 Å². The number of aromatic nitrogens is 2. The van der Waals surface area contributed by atoms with Gasteiger partial charge in [0.1, 0.15) is 5.82 Å². The number of sulfonamides is 1. The lowest BCUT2D eigenvalue weighted by molar-refractivity contribution is 0.102. The molecular formula is C22H16ClFN4O3S. The van der Waals surface area contributed by atoms with Crippen LogP contribution in [0.3, 0.4) is 0 Å². The lowest BCUT2D eigenvalue weighted by Gasteiger charge is -2.10. The van der Waals surface area contributed by atoms with E-state index in [2.05, 4.69) is 15.1 Å². The Balaban J connectivity index is 1.50. The van der Waals surface area contributed by atoms with Crippen molar-refractivity contribution in [3.8, 4) is 5.69 Å². The summed E-state index contributed by atoms with van der Waals surface area (Å²) in [4.78, 5) is 12.5. The Hall–Kier alpha value is -3.69. The van der Waals surface area contributed by atoms with Gasteiger partial charge in [0.2, 0.25) is 0 Å². The van der Waals surface area contributed by atoms with Gasteiger partial charge in [0.05, 0.1) is 10.6 Å². The number of nitrogens with one attached hydrogen (secondary N) is 2. The van der Waals surface area contributed by atoms with Crippen molar-refractivity contribution < 1.29 is 17.6 Å². The molecule has 4 aromatic rings. The number of hydrogen-bond acceptors (Lipinski definition) is 4. The van der Waals surface area contributed by atoms with Crippen LogP contribution < -0.4 is 10.0 Å². The van der Waals surface area contributed by atoms with Crippen molar-refractivity contribution in [2.45, 2.75) is 4.90 Å². The van der Waals surface area contributed by atoms with Crippen LogP contribution >= 0.6 is 11.6 Å². The first-order valence-corrected chi connectivity index (χ1v) is 11.2. The van der Waals surface area contributed by atoms with Gasteiger partial charge in [0.25, 0.3) is 15.9 Å². The van der Waals surface area contributed by atoms with Gasteiger partial charge in [0, 0.05) is 22.6 Å². The highest BCUT2D eigenvalue weighted by molar-refractivity contribution is 7.92. The summed E-state index contributed by atoms with van der Waals surface area (Å²) in [6.07, 6.45) is 1.53. The fraction of sp³-hybridized carbons (Fsp3) is 0. The molecule has 4 rings (SSSR count). The Morgan fingerprint density at radius 1 is 0.938 bits per heavy atom. The molecule has 0 fully saturated rings. The third-order valence-electron chi connectivity index (χ3n) is 4.39. The highest BCUT2D eigenvalue weighted by Crippen LogP contribution is 2.21. The molecule has 0 saturated heterocycles. The fourth-order valence-corrected chi connectivity index (χ4v) is 4.11. The number of halogens is 2. The monoisotopic (exact) mass is 470 g/mol.